The molecule has 2 saturated carbocycles. The van der Waals surface area contributed by atoms with Gasteiger partial charge in [0.1, 0.15) is 11.4 Å². The molecule has 4 aliphatic heterocycles. The quantitative estimate of drug-likeness (QED) is 0.223. The van der Waals surface area contributed by atoms with E-state index in [4.69, 9.17) is 4.74 Å². The minimum Gasteiger partial charge on any atom is -0.495 e. The molecule has 2 aromatic carbocycles. The minimum absolute atomic E-state index is 0.112. The van der Waals surface area contributed by atoms with Crippen LogP contribution in [-0.2, 0) is 9.59 Å². The number of hydrogen-bond acceptors (Lipinski definition) is 11. The lowest BCUT2D eigenvalue weighted by Gasteiger charge is -2.52. The van der Waals surface area contributed by atoms with Gasteiger partial charge in [-0.15, -0.1) is 0 Å². The number of benzene rings is 2. The second kappa shape index (κ2) is 16.9. The molecule has 1 spiro atoms. The van der Waals surface area contributed by atoms with Crippen molar-refractivity contribution in [2.75, 3.05) is 84.9 Å². The summed E-state index contributed by atoms with van der Waals surface area (Å²) in [5.41, 5.74) is 3.40. The molecule has 15 nitrogen and oxygen atoms in total. The Morgan fingerprint density at radius 3 is 2.42 bits per heavy atom. The molecule has 2 aliphatic carbocycles. The summed E-state index contributed by atoms with van der Waals surface area (Å²) < 4.78 is 35.8. The van der Waals surface area contributed by atoms with Gasteiger partial charge in [-0.25, -0.2) is 9.78 Å². The zero-order valence-electron chi connectivity index (χ0n) is 35.5. The number of rotatable bonds is 10. The number of imide groups is 1. The van der Waals surface area contributed by atoms with E-state index in [-0.39, 0.29) is 52.8 Å². The van der Waals surface area contributed by atoms with Crippen LogP contribution in [0.5, 0.6) is 5.75 Å². The molecule has 0 radical (unpaired) electrons. The minimum atomic E-state index is -3.57. The average Bonchev–Trinajstić information content (AvgIpc) is 3.79. The van der Waals surface area contributed by atoms with Gasteiger partial charge >= 0.3 is 12.0 Å². The maximum absolute atomic E-state index is 15.1. The predicted octanol–water partition coefficient (Wildman–Crippen LogP) is 5.93. The Morgan fingerprint density at radius 2 is 1.69 bits per heavy atom. The molecule has 62 heavy (non-hydrogen) atoms. The van der Waals surface area contributed by atoms with Gasteiger partial charge in [-0.2, -0.15) is 13.8 Å². The number of fused-ring (bicyclic) bond motifs is 1. The largest absolute Gasteiger partial charge is 0.495 e. The van der Waals surface area contributed by atoms with E-state index in [0.717, 1.165) is 113 Å². The van der Waals surface area contributed by atoms with E-state index in [1.807, 2.05) is 12.1 Å². The molecule has 330 valence electrons. The Hall–Kier alpha value is -5.58. The normalized spacial score (nSPS) is 22.3. The Labute approximate surface area is 360 Å². The number of hydrogen-bond donors (Lipinski definition) is 3. The van der Waals surface area contributed by atoms with Crippen molar-refractivity contribution in [1.29, 1.82) is 0 Å². The lowest BCUT2D eigenvalue weighted by Crippen LogP contribution is -2.55. The molecule has 5 fully saturated rings. The number of halogens is 2. The smallest absolute Gasteiger partial charge is 0.342 e. The van der Waals surface area contributed by atoms with E-state index in [1.54, 1.807) is 28.0 Å². The lowest BCUT2D eigenvalue weighted by molar-refractivity contribution is -0.140. The fourth-order valence-electron chi connectivity index (χ4n) is 10.5. The fraction of sp³-hybridized carbons (Fsp3) is 0.556. The number of methoxy groups -OCH3 is 1. The monoisotopic (exact) mass is 854 g/mol. The van der Waals surface area contributed by atoms with Crippen LogP contribution in [0.1, 0.15) is 81.0 Å². The van der Waals surface area contributed by atoms with Crippen LogP contribution in [-0.4, -0.2) is 117 Å². The highest BCUT2D eigenvalue weighted by atomic mass is 19.3. The van der Waals surface area contributed by atoms with Crippen LogP contribution < -0.4 is 40.3 Å². The van der Waals surface area contributed by atoms with E-state index >= 15 is 8.78 Å². The SMILES string of the molecule is COc1cc(C(=O)NC2CC3(CCN(CC4CCN(c5cccc(N6CCC(=O)NC6=O)c5)CC4)CC3)C2)ccc1Nc1ncc2c(n1)N(C1CCCC1)CC(F)(F)C(=O)N2C. The first kappa shape index (κ1) is 41.8. The number of ether oxygens (including phenoxy) is 1. The molecular formula is C45H56F2N10O5. The second-order valence-electron chi connectivity index (χ2n) is 18.2. The van der Waals surface area contributed by atoms with Crippen LogP contribution in [0.15, 0.2) is 48.7 Å². The van der Waals surface area contributed by atoms with Crippen molar-refractivity contribution in [1.82, 2.24) is 25.5 Å². The summed E-state index contributed by atoms with van der Waals surface area (Å²) in [6.07, 6.45) is 11.5. The summed E-state index contributed by atoms with van der Waals surface area (Å²) in [5, 5.41) is 8.80. The van der Waals surface area contributed by atoms with Crippen LogP contribution in [0.25, 0.3) is 0 Å². The number of urea groups is 1. The van der Waals surface area contributed by atoms with Crippen molar-refractivity contribution in [3.05, 3.63) is 54.2 Å². The number of nitrogens with zero attached hydrogens (tertiary/aromatic N) is 7. The maximum Gasteiger partial charge on any atom is 0.342 e. The molecule has 17 heteroatoms. The Kier molecular flexibility index (Phi) is 11.4. The highest BCUT2D eigenvalue weighted by molar-refractivity contribution is 6.06. The summed E-state index contributed by atoms with van der Waals surface area (Å²) in [7, 11) is 2.84. The molecule has 0 unspecified atom stereocenters. The average molecular weight is 855 g/mol. The number of amides is 5. The van der Waals surface area contributed by atoms with E-state index in [9.17, 15) is 19.2 Å². The molecule has 5 amide bonds. The van der Waals surface area contributed by atoms with Gasteiger partial charge < -0.3 is 35.0 Å². The molecule has 0 bridgehead atoms. The van der Waals surface area contributed by atoms with Crippen molar-refractivity contribution in [3.8, 4) is 5.75 Å². The number of anilines is 6. The summed E-state index contributed by atoms with van der Waals surface area (Å²) in [6, 6.07) is 12.8. The van der Waals surface area contributed by atoms with Crippen LogP contribution in [0.2, 0.25) is 0 Å². The summed E-state index contributed by atoms with van der Waals surface area (Å²) in [5.74, 6) is -3.76. The summed E-state index contributed by atoms with van der Waals surface area (Å²) >= 11 is 0. The number of nitrogens with one attached hydrogen (secondary N) is 3. The molecule has 5 heterocycles. The number of aromatic nitrogens is 2. The van der Waals surface area contributed by atoms with Gasteiger partial charge in [0, 0.05) is 68.7 Å². The number of carbonyl (C=O) groups is 4. The van der Waals surface area contributed by atoms with E-state index in [0.29, 0.717) is 35.9 Å². The van der Waals surface area contributed by atoms with E-state index < -0.39 is 18.4 Å². The third kappa shape index (κ3) is 8.47. The summed E-state index contributed by atoms with van der Waals surface area (Å²) in [6.45, 7) is 4.84. The van der Waals surface area contributed by atoms with Crippen LogP contribution in [0.4, 0.5) is 48.1 Å². The number of piperidine rings is 2. The highest BCUT2D eigenvalue weighted by Gasteiger charge is 2.49. The molecule has 3 N–H and O–H groups in total. The van der Waals surface area contributed by atoms with Crippen LogP contribution >= 0.6 is 0 Å². The van der Waals surface area contributed by atoms with Crippen molar-refractivity contribution in [2.24, 2.45) is 11.3 Å². The zero-order chi connectivity index (χ0) is 43.2. The predicted molar refractivity (Wildman–Crippen MR) is 232 cm³/mol. The standard InChI is InChI=1S/C45H56F2N10O5/c1-53-36-26-48-42(52-39(36)57(32-6-3-4-7-32)28-45(46,47)41(53)60)50-35-11-10-30(22-37(35)62-2)40(59)49-31-24-44(25-31)15-20-54(21-16-44)27-29-12-17-55(18-13-29)33-8-5-9-34(23-33)56-19-14-38(58)51-43(56)61/h5,8-11,22-23,26,29,31-32H,3-4,6-7,12-21,24-25,27-28H2,1-2H3,(H,49,59)(H,48,50,52)(H,51,58,61). The van der Waals surface area contributed by atoms with Gasteiger partial charge in [0.05, 0.1) is 25.5 Å². The lowest BCUT2D eigenvalue weighted by atomic mass is 9.60. The molecule has 9 rings (SSSR count). The van der Waals surface area contributed by atoms with Crippen molar-refractivity contribution in [2.45, 2.75) is 88.6 Å². The van der Waals surface area contributed by atoms with Gasteiger partial charge in [0.2, 0.25) is 11.9 Å². The van der Waals surface area contributed by atoms with E-state index in [1.165, 1.54) is 20.4 Å². The van der Waals surface area contributed by atoms with Crippen molar-refractivity contribution >= 4 is 58.3 Å². The second-order valence-corrected chi connectivity index (χ2v) is 18.2. The maximum atomic E-state index is 15.1. The molecule has 0 atom stereocenters. The Bertz CT molecular complexity index is 2200. The van der Waals surface area contributed by atoms with Gasteiger partial charge in [0.15, 0.2) is 5.82 Å². The Balaban J connectivity index is 0.744. The molecular weight excluding hydrogens is 799 g/mol. The zero-order valence-corrected chi connectivity index (χ0v) is 35.5. The van der Waals surface area contributed by atoms with Gasteiger partial charge in [-0.3, -0.25) is 24.6 Å². The first-order valence-electron chi connectivity index (χ1n) is 22.1. The molecule has 6 aliphatic rings. The first-order valence-corrected chi connectivity index (χ1v) is 22.1. The third-order valence-electron chi connectivity index (χ3n) is 14.1. The number of carbonyl (C=O) groups excluding carboxylic acids is 4. The van der Waals surface area contributed by atoms with Crippen molar-refractivity contribution in [3.63, 3.8) is 0 Å². The number of likely N-dealkylation sites (tertiary alicyclic amines) is 1. The van der Waals surface area contributed by atoms with Crippen LogP contribution in [0, 0.1) is 11.3 Å². The Morgan fingerprint density at radius 1 is 0.952 bits per heavy atom. The fourth-order valence-corrected chi connectivity index (χ4v) is 10.5. The topological polar surface area (TPSA) is 156 Å². The van der Waals surface area contributed by atoms with Crippen LogP contribution in [0.3, 0.4) is 0 Å². The summed E-state index contributed by atoms with van der Waals surface area (Å²) in [4.78, 5) is 68.4. The van der Waals surface area contributed by atoms with E-state index in [2.05, 4.69) is 47.9 Å². The first-order chi connectivity index (χ1) is 29.9. The highest BCUT2D eigenvalue weighted by Crippen LogP contribution is 2.49. The molecule has 3 aromatic rings. The molecule has 3 saturated heterocycles. The number of alkyl halides is 2. The van der Waals surface area contributed by atoms with Gasteiger partial charge in [-0.05, 0) is 112 Å². The molecule has 1 aromatic heterocycles. The third-order valence-corrected chi connectivity index (χ3v) is 14.1. The van der Waals surface area contributed by atoms with Gasteiger partial charge in [0.25, 0.3) is 11.8 Å². The van der Waals surface area contributed by atoms with Crippen molar-refractivity contribution < 1.29 is 32.7 Å². The van der Waals surface area contributed by atoms with Gasteiger partial charge in [-0.1, -0.05) is 18.9 Å².